The molecule has 1 heterocycles. The lowest BCUT2D eigenvalue weighted by Gasteiger charge is -2.17. The van der Waals surface area contributed by atoms with E-state index in [1.807, 2.05) is 22.8 Å². The summed E-state index contributed by atoms with van der Waals surface area (Å²) in [5.74, 6) is 0.434. The third-order valence-corrected chi connectivity index (χ3v) is 4.39. The fourth-order valence-corrected chi connectivity index (χ4v) is 3.24. The molecule has 0 aliphatic rings. The molecular weight excluding hydrogens is 270 g/mol. The third-order valence-electron chi connectivity index (χ3n) is 4.39. The Labute approximate surface area is 131 Å². The summed E-state index contributed by atoms with van der Waals surface area (Å²) in [6.45, 7) is 7.38. The van der Waals surface area contributed by atoms with Gasteiger partial charge in [-0.1, -0.05) is 57.5 Å². The van der Waals surface area contributed by atoms with Crippen molar-refractivity contribution in [1.82, 2.24) is 4.57 Å². The van der Waals surface area contributed by atoms with E-state index in [9.17, 15) is 4.79 Å². The average Bonchev–Trinajstić information content (AvgIpc) is 2.54. The van der Waals surface area contributed by atoms with Crippen LogP contribution in [0.4, 0.5) is 0 Å². The van der Waals surface area contributed by atoms with Crippen LogP contribution >= 0.6 is 0 Å². The Morgan fingerprint density at radius 2 is 1.73 bits per heavy atom. The van der Waals surface area contributed by atoms with Crippen molar-refractivity contribution in [2.45, 2.75) is 46.1 Å². The summed E-state index contributed by atoms with van der Waals surface area (Å²) < 4.78 is 1.97. The first-order valence-electron chi connectivity index (χ1n) is 8.19. The lowest BCUT2D eigenvalue weighted by Crippen LogP contribution is -2.21. The molecule has 0 saturated carbocycles. The maximum absolute atomic E-state index is 12.9. The van der Waals surface area contributed by atoms with Gasteiger partial charge in [0.25, 0.3) is 5.56 Å². The summed E-state index contributed by atoms with van der Waals surface area (Å²) in [7, 11) is 0. The van der Waals surface area contributed by atoms with E-state index in [1.165, 1.54) is 10.9 Å². The molecule has 22 heavy (non-hydrogen) atoms. The second-order valence-electron chi connectivity index (χ2n) is 6.25. The Hall–Kier alpha value is -2.09. The van der Waals surface area contributed by atoms with Crippen molar-refractivity contribution < 1.29 is 0 Å². The molecule has 0 aliphatic heterocycles. The zero-order chi connectivity index (χ0) is 15.7. The van der Waals surface area contributed by atoms with Crippen molar-refractivity contribution >= 4 is 21.7 Å². The molecule has 0 spiro atoms. The molecule has 0 unspecified atom stereocenters. The Balaban J connectivity index is 2.50. The summed E-state index contributed by atoms with van der Waals surface area (Å²) in [4.78, 5) is 12.9. The second kappa shape index (κ2) is 5.96. The summed E-state index contributed by atoms with van der Waals surface area (Å²) in [6.07, 6.45) is 2.11. The minimum absolute atomic E-state index is 0.137. The number of fused-ring (bicyclic) bond motifs is 3. The van der Waals surface area contributed by atoms with E-state index in [-0.39, 0.29) is 5.56 Å². The molecule has 0 saturated heterocycles. The van der Waals surface area contributed by atoms with Gasteiger partial charge < -0.3 is 4.57 Å². The van der Waals surface area contributed by atoms with Crippen molar-refractivity contribution in [3.05, 3.63) is 58.4 Å². The molecule has 0 N–H and O–H groups in total. The zero-order valence-corrected chi connectivity index (χ0v) is 13.6. The van der Waals surface area contributed by atoms with Gasteiger partial charge in [-0.05, 0) is 35.4 Å². The smallest absolute Gasteiger partial charge is 0.258 e. The van der Waals surface area contributed by atoms with E-state index >= 15 is 0 Å². The number of hydrogen-bond acceptors (Lipinski definition) is 1. The fourth-order valence-electron chi connectivity index (χ4n) is 3.24. The van der Waals surface area contributed by atoms with E-state index in [0.29, 0.717) is 5.92 Å². The highest BCUT2D eigenvalue weighted by molar-refractivity contribution is 6.07. The second-order valence-corrected chi connectivity index (χ2v) is 6.25. The van der Waals surface area contributed by atoms with Crippen LogP contribution in [-0.4, -0.2) is 4.57 Å². The Kier molecular flexibility index (Phi) is 4.02. The summed E-state index contributed by atoms with van der Waals surface area (Å²) >= 11 is 0. The van der Waals surface area contributed by atoms with Crippen molar-refractivity contribution in [3.63, 3.8) is 0 Å². The molecular formula is C20H23NO. The molecule has 0 aliphatic carbocycles. The lowest BCUT2D eigenvalue weighted by molar-refractivity contribution is 0.635. The van der Waals surface area contributed by atoms with Gasteiger partial charge in [0.2, 0.25) is 0 Å². The normalized spacial score (nSPS) is 11.6. The van der Waals surface area contributed by atoms with Gasteiger partial charge in [-0.3, -0.25) is 4.79 Å². The third kappa shape index (κ3) is 2.33. The van der Waals surface area contributed by atoms with Crippen LogP contribution in [0.1, 0.15) is 45.1 Å². The van der Waals surface area contributed by atoms with Crippen LogP contribution in [0.15, 0.2) is 47.3 Å². The average molecular weight is 293 g/mol. The van der Waals surface area contributed by atoms with Gasteiger partial charge in [-0.25, -0.2) is 0 Å². The molecule has 2 aromatic carbocycles. The standard InChI is InChI=1S/C20H23NO/c1-4-5-13-21-18-12-8-11-15(14(2)3)19(18)16-9-6-7-10-17(16)20(21)22/h6-12,14H,4-5,13H2,1-3H3. The Morgan fingerprint density at radius 1 is 1.00 bits per heavy atom. The van der Waals surface area contributed by atoms with Gasteiger partial charge in [-0.15, -0.1) is 0 Å². The molecule has 3 rings (SSSR count). The van der Waals surface area contributed by atoms with E-state index in [0.717, 1.165) is 35.7 Å². The number of rotatable bonds is 4. The molecule has 0 fully saturated rings. The van der Waals surface area contributed by atoms with Crippen LogP contribution in [0.5, 0.6) is 0 Å². The quantitative estimate of drug-likeness (QED) is 0.615. The van der Waals surface area contributed by atoms with E-state index in [1.54, 1.807) is 0 Å². The lowest BCUT2D eigenvalue weighted by atomic mass is 9.94. The zero-order valence-electron chi connectivity index (χ0n) is 13.6. The summed E-state index contributed by atoms with van der Waals surface area (Å²) in [6, 6.07) is 14.4. The number of nitrogens with zero attached hydrogens (tertiary/aromatic N) is 1. The molecule has 3 aromatic rings. The van der Waals surface area contributed by atoms with Gasteiger partial charge in [0.1, 0.15) is 0 Å². The first kappa shape index (κ1) is 14.8. The van der Waals surface area contributed by atoms with E-state index < -0.39 is 0 Å². The molecule has 1 aromatic heterocycles. The number of aryl methyl sites for hydroxylation is 1. The van der Waals surface area contributed by atoms with Gasteiger partial charge in [0.15, 0.2) is 0 Å². The fraction of sp³-hybridized carbons (Fsp3) is 0.350. The Bertz CT molecular complexity index is 874. The van der Waals surface area contributed by atoms with Crippen LogP contribution in [0, 0.1) is 0 Å². The summed E-state index contributed by atoms with van der Waals surface area (Å²) in [5, 5.41) is 3.16. The Morgan fingerprint density at radius 3 is 2.41 bits per heavy atom. The van der Waals surface area contributed by atoms with Crippen molar-refractivity contribution in [2.75, 3.05) is 0 Å². The SMILES string of the molecule is CCCCn1c(=O)c2ccccc2c2c(C(C)C)cccc21. The number of unbranched alkanes of at least 4 members (excludes halogenated alkanes) is 1. The minimum Gasteiger partial charge on any atom is -0.308 e. The first-order valence-corrected chi connectivity index (χ1v) is 8.19. The van der Waals surface area contributed by atoms with Crippen LogP contribution in [0.25, 0.3) is 21.7 Å². The van der Waals surface area contributed by atoms with Gasteiger partial charge >= 0.3 is 0 Å². The highest BCUT2D eigenvalue weighted by Gasteiger charge is 2.14. The summed E-state index contributed by atoms with van der Waals surface area (Å²) in [5.41, 5.74) is 2.53. The first-order chi connectivity index (χ1) is 10.6. The highest BCUT2D eigenvalue weighted by atomic mass is 16.1. The molecule has 0 amide bonds. The topological polar surface area (TPSA) is 22.0 Å². The molecule has 0 atom stereocenters. The van der Waals surface area contributed by atoms with Gasteiger partial charge in [-0.2, -0.15) is 0 Å². The van der Waals surface area contributed by atoms with E-state index in [4.69, 9.17) is 0 Å². The van der Waals surface area contributed by atoms with Crippen LogP contribution in [0.2, 0.25) is 0 Å². The maximum atomic E-state index is 12.9. The van der Waals surface area contributed by atoms with Crippen molar-refractivity contribution in [3.8, 4) is 0 Å². The highest BCUT2D eigenvalue weighted by Crippen LogP contribution is 2.30. The van der Waals surface area contributed by atoms with Gasteiger partial charge in [0, 0.05) is 17.3 Å². The maximum Gasteiger partial charge on any atom is 0.258 e. The number of pyridine rings is 1. The largest absolute Gasteiger partial charge is 0.308 e. The molecule has 2 nitrogen and oxygen atoms in total. The van der Waals surface area contributed by atoms with Crippen LogP contribution < -0.4 is 5.56 Å². The van der Waals surface area contributed by atoms with Gasteiger partial charge in [0.05, 0.1) is 5.52 Å². The predicted octanol–water partition coefficient (Wildman–Crippen LogP) is 5.08. The number of aromatic nitrogens is 1. The molecule has 0 radical (unpaired) electrons. The van der Waals surface area contributed by atoms with Crippen LogP contribution in [-0.2, 0) is 6.54 Å². The van der Waals surface area contributed by atoms with E-state index in [2.05, 4.69) is 45.0 Å². The molecule has 0 bridgehead atoms. The molecule has 114 valence electrons. The number of hydrogen-bond donors (Lipinski definition) is 0. The molecule has 2 heteroatoms. The van der Waals surface area contributed by atoms with Crippen LogP contribution in [0.3, 0.4) is 0 Å². The van der Waals surface area contributed by atoms with Crippen molar-refractivity contribution in [2.24, 2.45) is 0 Å². The monoisotopic (exact) mass is 293 g/mol. The van der Waals surface area contributed by atoms with Crippen molar-refractivity contribution in [1.29, 1.82) is 0 Å². The minimum atomic E-state index is 0.137. The number of benzene rings is 2. The predicted molar refractivity (Wildman–Crippen MR) is 94.7 cm³/mol.